The van der Waals surface area contributed by atoms with Crippen molar-refractivity contribution in [2.24, 2.45) is 0 Å². The number of nitrogens with zero attached hydrogens (tertiary/aromatic N) is 2. The van der Waals surface area contributed by atoms with Crippen LogP contribution in [0.2, 0.25) is 0 Å². The van der Waals surface area contributed by atoms with Gasteiger partial charge >= 0.3 is 0 Å². The summed E-state index contributed by atoms with van der Waals surface area (Å²) in [5.41, 5.74) is 6.07. The zero-order valence-electron chi connectivity index (χ0n) is 16.6. The Morgan fingerprint density at radius 2 is 1.81 bits per heavy atom. The third kappa shape index (κ3) is 3.72. The van der Waals surface area contributed by atoms with Gasteiger partial charge in [0.25, 0.3) is 0 Å². The second kappa shape index (κ2) is 7.35. The van der Waals surface area contributed by atoms with Crippen LogP contribution < -0.4 is 4.90 Å². The Morgan fingerprint density at radius 3 is 2.48 bits per heavy atom. The van der Waals surface area contributed by atoms with Gasteiger partial charge in [0, 0.05) is 36.6 Å². The van der Waals surface area contributed by atoms with Gasteiger partial charge in [0.1, 0.15) is 6.10 Å². The topological polar surface area (TPSA) is 34.6 Å². The average molecular weight is 364 g/mol. The number of ether oxygens (including phenoxy) is 2. The van der Waals surface area contributed by atoms with Gasteiger partial charge in [-0.25, -0.2) is 0 Å². The first-order valence-corrected chi connectivity index (χ1v) is 9.81. The first-order chi connectivity index (χ1) is 13.0. The minimum atomic E-state index is 0.143. The van der Waals surface area contributed by atoms with Gasteiger partial charge in [-0.3, -0.25) is 4.98 Å². The fourth-order valence-electron chi connectivity index (χ4n) is 4.24. The maximum absolute atomic E-state index is 5.91. The highest BCUT2D eigenvalue weighted by Crippen LogP contribution is 2.38. The molecule has 4 rings (SSSR count). The molecule has 142 valence electrons. The van der Waals surface area contributed by atoms with Crippen molar-refractivity contribution < 1.29 is 9.47 Å². The van der Waals surface area contributed by atoms with E-state index in [2.05, 4.69) is 67.1 Å². The summed E-state index contributed by atoms with van der Waals surface area (Å²) in [6, 6.07) is 11.1. The van der Waals surface area contributed by atoms with Crippen LogP contribution in [0.3, 0.4) is 0 Å². The molecule has 4 atom stereocenters. The molecule has 1 fully saturated rings. The molecule has 0 radical (unpaired) electrons. The van der Waals surface area contributed by atoms with E-state index < -0.39 is 0 Å². The molecule has 0 spiro atoms. The fraction of sp³-hybridized carbons (Fsp3) is 0.435. The third-order valence-corrected chi connectivity index (χ3v) is 5.47. The van der Waals surface area contributed by atoms with E-state index >= 15 is 0 Å². The number of aryl methyl sites for hydroxylation is 1. The van der Waals surface area contributed by atoms with Crippen LogP contribution >= 0.6 is 0 Å². The lowest BCUT2D eigenvalue weighted by molar-refractivity contribution is -0.00522. The van der Waals surface area contributed by atoms with E-state index in [1.165, 1.54) is 22.4 Å². The van der Waals surface area contributed by atoms with E-state index in [1.54, 1.807) is 0 Å². The summed E-state index contributed by atoms with van der Waals surface area (Å²) in [5.74, 6) is 0.254. The van der Waals surface area contributed by atoms with Crippen LogP contribution in [0.1, 0.15) is 37.9 Å². The second-order valence-corrected chi connectivity index (χ2v) is 7.82. The molecule has 0 N–H and O–H groups in total. The molecule has 0 aliphatic carbocycles. The number of hydrogen-bond acceptors (Lipinski definition) is 4. The maximum Gasteiger partial charge on any atom is 0.105 e. The molecule has 1 aromatic heterocycles. The molecule has 4 heteroatoms. The van der Waals surface area contributed by atoms with Gasteiger partial charge in [-0.2, -0.15) is 0 Å². The summed E-state index contributed by atoms with van der Waals surface area (Å²) in [7, 11) is 0. The highest BCUT2D eigenvalue weighted by Gasteiger charge is 2.27. The fourth-order valence-corrected chi connectivity index (χ4v) is 4.24. The SMILES string of the molecule is Cc1cc(-c2ccc(N3C[C@@H](C)O[C@@H](C)C3)cc2C2C=COC2C)ccn1. The van der Waals surface area contributed by atoms with Crippen LogP contribution in [0.5, 0.6) is 0 Å². The van der Waals surface area contributed by atoms with Crippen LogP contribution in [0.25, 0.3) is 11.1 Å². The number of hydrogen-bond donors (Lipinski definition) is 0. The lowest BCUT2D eigenvalue weighted by Gasteiger charge is -2.37. The average Bonchev–Trinajstić information content (AvgIpc) is 3.06. The number of aromatic nitrogens is 1. The largest absolute Gasteiger partial charge is 0.498 e. The van der Waals surface area contributed by atoms with E-state index in [1.807, 2.05) is 19.4 Å². The highest BCUT2D eigenvalue weighted by atomic mass is 16.5. The number of morpholine rings is 1. The predicted octanol–water partition coefficient (Wildman–Crippen LogP) is 4.69. The van der Waals surface area contributed by atoms with Crippen LogP contribution in [0, 0.1) is 6.92 Å². The van der Waals surface area contributed by atoms with E-state index in [4.69, 9.17) is 9.47 Å². The number of benzene rings is 1. The quantitative estimate of drug-likeness (QED) is 0.792. The Kier molecular flexibility index (Phi) is 4.92. The van der Waals surface area contributed by atoms with Crippen LogP contribution in [-0.2, 0) is 9.47 Å². The molecular weight excluding hydrogens is 336 g/mol. The second-order valence-electron chi connectivity index (χ2n) is 7.82. The first kappa shape index (κ1) is 18.1. The summed E-state index contributed by atoms with van der Waals surface area (Å²) in [6.07, 6.45) is 6.53. The van der Waals surface area contributed by atoms with Crippen LogP contribution in [0.4, 0.5) is 5.69 Å². The Balaban J connectivity index is 1.77. The van der Waals surface area contributed by atoms with E-state index in [9.17, 15) is 0 Å². The van der Waals surface area contributed by atoms with Gasteiger partial charge in [0.15, 0.2) is 0 Å². The molecule has 0 saturated carbocycles. The van der Waals surface area contributed by atoms with Crippen molar-refractivity contribution in [2.75, 3.05) is 18.0 Å². The van der Waals surface area contributed by atoms with Gasteiger partial charge in [-0.1, -0.05) is 6.07 Å². The molecular formula is C23H28N2O2. The Labute approximate surface area is 161 Å². The van der Waals surface area contributed by atoms with Crippen molar-refractivity contribution in [3.63, 3.8) is 0 Å². The standard InChI is InChI=1S/C23H28N2O2/c1-15-11-19(7-9-24-15)22-6-5-20(25-13-16(2)27-17(3)14-25)12-23(22)21-8-10-26-18(21)4/h5-12,16-18,21H,13-14H2,1-4H3/t16-,17+,18?,21?. The van der Waals surface area contributed by atoms with E-state index in [0.717, 1.165) is 18.8 Å². The molecule has 3 heterocycles. The first-order valence-electron chi connectivity index (χ1n) is 9.81. The van der Waals surface area contributed by atoms with E-state index in [-0.39, 0.29) is 24.2 Å². The zero-order valence-corrected chi connectivity index (χ0v) is 16.6. The molecule has 0 bridgehead atoms. The lowest BCUT2D eigenvalue weighted by atomic mass is 9.87. The minimum absolute atomic E-state index is 0.143. The molecule has 2 aliphatic rings. The summed E-state index contributed by atoms with van der Waals surface area (Å²) >= 11 is 0. The monoisotopic (exact) mass is 364 g/mol. The van der Waals surface area contributed by atoms with Crippen molar-refractivity contribution >= 4 is 5.69 Å². The molecule has 1 saturated heterocycles. The molecule has 4 nitrogen and oxygen atoms in total. The van der Waals surface area contributed by atoms with Gasteiger partial charge in [-0.05, 0) is 74.7 Å². The summed E-state index contributed by atoms with van der Waals surface area (Å²) in [6.45, 7) is 10.3. The normalized spacial score (nSPS) is 27.6. The molecule has 2 aromatic rings. The smallest absolute Gasteiger partial charge is 0.105 e. The van der Waals surface area contributed by atoms with Gasteiger partial charge in [-0.15, -0.1) is 0 Å². The number of rotatable bonds is 3. The summed E-state index contributed by atoms with van der Waals surface area (Å²) < 4.78 is 11.6. The molecule has 2 unspecified atom stereocenters. The van der Waals surface area contributed by atoms with Gasteiger partial charge in [0.05, 0.1) is 18.5 Å². The summed E-state index contributed by atoms with van der Waals surface area (Å²) in [4.78, 5) is 6.79. The van der Waals surface area contributed by atoms with Crippen molar-refractivity contribution in [1.29, 1.82) is 0 Å². The lowest BCUT2D eigenvalue weighted by Crippen LogP contribution is -2.45. The molecule has 2 aliphatic heterocycles. The summed E-state index contributed by atoms with van der Waals surface area (Å²) in [5, 5.41) is 0. The Bertz CT molecular complexity index is 838. The maximum atomic E-state index is 5.91. The van der Waals surface area contributed by atoms with Crippen molar-refractivity contribution in [3.8, 4) is 11.1 Å². The molecule has 1 aromatic carbocycles. The Hall–Kier alpha value is -2.33. The molecule has 0 amide bonds. The van der Waals surface area contributed by atoms with Crippen LogP contribution in [0.15, 0.2) is 48.9 Å². The number of anilines is 1. The minimum Gasteiger partial charge on any atom is -0.498 e. The van der Waals surface area contributed by atoms with Crippen molar-refractivity contribution in [1.82, 2.24) is 4.98 Å². The van der Waals surface area contributed by atoms with Crippen molar-refractivity contribution in [2.45, 2.75) is 51.9 Å². The van der Waals surface area contributed by atoms with Gasteiger partial charge in [0.2, 0.25) is 0 Å². The zero-order chi connectivity index (χ0) is 19.0. The predicted molar refractivity (Wildman–Crippen MR) is 109 cm³/mol. The number of pyridine rings is 1. The van der Waals surface area contributed by atoms with Gasteiger partial charge < -0.3 is 14.4 Å². The van der Waals surface area contributed by atoms with Crippen LogP contribution in [-0.4, -0.2) is 36.4 Å². The molecule has 27 heavy (non-hydrogen) atoms. The highest BCUT2D eigenvalue weighted by molar-refractivity contribution is 5.72. The van der Waals surface area contributed by atoms with E-state index in [0.29, 0.717) is 0 Å². The Morgan fingerprint density at radius 1 is 1.04 bits per heavy atom. The van der Waals surface area contributed by atoms with Crippen molar-refractivity contribution in [3.05, 3.63) is 60.1 Å². The third-order valence-electron chi connectivity index (χ3n) is 5.47.